The van der Waals surface area contributed by atoms with E-state index in [2.05, 4.69) is 116 Å². The van der Waals surface area contributed by atoms with E-state index in [1.54, 1.807) is 12.4 Å². The van der Waals surface area contributed by atoms with Crippen LogP contribution in [-0.4, -0.2) is 12.4 Å². The van der Waals surface area contributed by atoms with E-state index in [-0.39, 0.29) is 10.8 Å². The Labute approximate surface area is 221 Å². The third-order valence-electron chi connectivity index (χ3n) is 4.73. The first-order valence-electron chi connectivity index (χ1n) is 10.3. The second-order valence-electron chi connectivity index (χ2n) is 9.34. The zero-order chi connectivity index (χ0) is 23.8. The van der Waals surface area contributed by atoms with Crippen LogP contribution in [0.25, 0.3) is 0 Å². The quantitative estimate of drug-likeness (QED) is 0.152. The second kappa shape index (κ2) is 12.5. The number of rotatable bonds is 4. The summed E-state index contributed by atoms with van der Waals surface area (Å²) in [6.07, 6.45) is 3.54. The summed E-state index contributed by atoms with van der Waals surface area (Å²) in [4.78, 5) is 9.32. The number of hydrogen-bond donors (Lipinski definition) is 0. The Kier molecular flexibility index (Phi) is 10.6. The molecule has 0 radical (unpaired) electrons. The summed E-state index contributed by atoms with van der Waals surface area (Å²) in [5, 5.41) is 0. The summed E-state index contributed by atoms with van der Waals surface area (Å²) in [7, 11) is 1.19. The Balaban J connectivity index is 0.00000114. The summed E-state index contributed by atoms with van der Waals surface area (Å²) in [5.74, 6) is 1.42. The van der Waals surface area contributed by atoms with Crippen LogP contribution in [0.2, 0.25) is 0 Å². The summed E-state index contributed by atoms with van der Waals surface area (Å²) in [6.45, 7) is 13.2. The maximum atomic E-state index is 5.88. The molecule has 0 aliphatic heterocycles. The van der Waals surface area contributed by atoms with Crippen LogP contribution in [0.4, 0.5) is 11.4 Å². The van der Waals surface area contributed by atoms with Crippen molar-refractivity contribution in [1.29, 1.82) is 0 Å². The van der Waals surface area contributed by atoms with Crippen LogP contribution in [0.3, 0.4) is 0 Å². The monoisotopic (exact) mass is 696 g/mol. The number of nitrogens with zero attached hydrogens (tertiary/aromatic N) is 2. The molecule has 0 fully saturated rings. The number of furan rings is 1. The first-order chi connectivity index (χ1) is 15.1. The molecule has 1 heterocycles. The SMILES string of the molecule is CC(C)(C)c1ccccc1N=Cc1ccc(C=Nc2ccccc2C(C)(C)C)o1.[I][Fe][I]. The number of para-hydroxylation sites is 2. The molecule has 3 rings (SSSR count). The molecule has 0 unspecified atom stereocenters. The molecule has 0 saturated carbocycles. The van der Waals surface area contributed by atoms with E-state index in [0.717, 1.165) is 11.4 Å². The normalized spacial score (nSPS) is 12.4. The molecule has 3 aromatic rings. The summed E-state index contributed by atoms with van der Waals surface area (Å²) in [6, 6.07) is 20.3. The summed E-state index contributed by atoms with van der Waals surface area (Å²) >= 11 is 4.55. The van der Waals surface area contributed by atoms with Gasteiger partial charge in [0.25, 0.3) is 0 Å². The van der Waals surface area contributed by atoms with Gasteiger partial charge in [-0.2, -0.15) is 0 Å². The van der Waals surface area contributed by atoms with Crippen molar-refractivity contribution in [3.63, 3.8) is 0 Å². The van der Waals surface area contributed by atoms with E-state index in [9.17, 15) is 0 Å². The number of benzene rings is 2. The van der Waals surface area contributed by atoms with Gasteiger partial charge in [-0.05, 0) is 46.2 Å². The fourth-order valence-corrected chi connectivity index (χ4v) is 3.21. The Hall–Kier alpha value is -0.961. The number of hydrogen-bond acceptors (Lipinski definition) is 3. The van der Waals surface area contributed by atoms with Crippen LogP contribution in [0.5, 0.6) is 0 Å². The first-order valence-corrected chi connectivity index (χ1v) is 17.4. The van der Waals surface area contributed by atoms with Crippen molar-refractivity contribution in [3.8, 4) is 0 Å². The van der Waals surface area contributed by atoms with Gasteiger partial charge < -0.3 is 4.42 Å². The van der Waals surface area contributed by atoms with E-state index in [1.807, 2.05) is 36.4 Å². The van der Waals surface area contributed by atoms with E-state index >= 15 is 0 Å². The van der Waals surface area contributed by atoms with Crippen LogP contribution in [0.15, 0.2) is 75.1 Å². The molecule has 0 aliphatic rings. The van der Waals surface area contributed by atoms with Gasteiger partial charge in [-0.15, -0.1) is 0 Å². The minimum atomic E-state index is 0.0371. The van der Waals surface area contributed by atoms with Crippen molar-refractivity contribution >= 4 is 64.5 Å². The molecule has 0 saturated heterocycles. The van der Waals surface area contributed by atoms with Gasteiger partial charge in [0, 0.05) is 0 Å². The van der Waals surface area contributed by atoms with Crippen LogP contribution in [0.1, 0.15) is 64.2 Å². The van der Waals surface area contributed by atoms with Crippen LogP contribution in [0, 0.1) is 0 Å². The molecule has 172 valence electrons. The molecule has 1 aromatic heterocycles. The predicted octanol–water partition coefficient (Wildman–Crippen LogP) is 9.14. The zero-order valence-corrected chi connectivity index (χ0v) is 24.8. The van der Waals surface area contributed by atoms with E-state index in [0.29, 0.717) is 11.5 Å². The van der Waals surface area contributed by atoms with Crippen molar-refractivity contribution in [1.82, 2.24) is 0 Å². The van der Waals surface area contributed by atoms with E-state index in [1.165, 1.54) is 19.6 Å². The Bertz CT molecular complexity index is 978. The Morgan fingerprint density at radius 3 is 1.34 bits per heavy atom. The molecule has 0 atom stereocenters. The van der Waals surface area contributed by atoms with Crippen LogP contribution < -0.4 is 0 Å². The molecule has 0 amide bonds. The molecule has 2 aromatic carbocycles. The van der Waals surface area contributed by atoms with Gasteiger partial charge in [0.05, 0.1) is 23.8 Å². The topological polar surface area (TPSA) is 37.9 Å². The second-order valence-corrected chi connectivity index (χ2v) is 18.7. The van der Waals surface area contributed by atoms with Gasteiger partial charge >= 0.3 is 49.1 Å². The first kappa shape index (κ1) is 27.3. The third kappa shape index (κ3) is 8.43. The molecule has 0 bridgehead atoms. The molecule has 0 aliphatic carbocycles. The van der Waals surface area contributed by atoms with Gasteiger partial charge in [-0.25, -0.2) is 0 Å². The fraction of sp³-hybridized carbons (Fsp3) is 0.308. The molecule has 32 heavy (non-hydrogen) atoms. The van der Waals surface area contributed by atoms with Crippen molar-refractivity contribution < 1.29 is 12.9 Å². The fourth-order valence-electron chi connectivity index (χ4n) is 3.21. The van der Waals surface area contributed by atoms with Gasteiger partial charge in [0.1, 0.15) is 11.5 Å². The average molecular weight is 696 g/mol. The standard InChI is InChI=1S/C26H30N2O.Fe.2HI/c1-25(2,3)21-11-7-9-13-23(21)27-17-19-15-16-20(29-19)18-28-24-14-10-8-12-22(24)26(4,5)6;;;/h7-18H,1-6H3;;2*1H/q;+2;;/p-2. The van der Waals surface area contributed by atoms with Gasteiger partial charge in [0.2, 0.25) is 0 Å². The zero-order valence-electron chi connectivity index (χ0n) is 19.3. The van der Waals surface area contributed by atoms with E-state index in [4.69, 9.17) is 4.42 Å². The number of halogens is 2. The van der Waals surface area contributed by atoms with Gasteiger partial charge in [-0.1, -0.05) is 77.9 Å². The van der Waals surface area contributed by atoms with E-state index < -0.39 is 0 Å². The van der Waals surface area contributed by atoms with Crippen molar-refractivity contribution in [2.24, 2.45) is 9.98 Å². The Morgan fingerprint density at radius 1 is 0.656 bits per heavy atom. The number of aliphatic imine (C=N–C) groups is 2. The van der Waals surface area contributed by atoms with Crippen molar-refractivity contribution in [2.45, 2.75) is 52.4 Å². The van der Waals surface area contributed by atoms with Crippen LogP contribution >= 0.6 is 40.7 Å². The molecule has 3 nitrogen and oxygen atoms in total. The molecule has 6 heteroatoms. The van der Waals surface area contributed by atoms with Gasteiger partial charge in [0.15, 0.2) is 0 Å². The van der Waals surface area contributed by atoms with Crippen molar-refractivity contribution in [2.75, 3.05) is 0 Å². The van der Waals surface area contributed by atoms with Crippen LogP contribution in [-0.2, 0) is 19.3 Å². The Morgan fingerprint density at radius 2 is 1.00 bits per heavy atom. The predicted molar refractivity (Wildman–Crippen MR) is 152 cm³/mol. The molecule has 0 spiro atoms. The molecular formula is C26H30FeI2N2O. The third-order valence-corrected chi connectivity index (χ3v) is 4.73. The molecule has 0 N–H and O–H groups in total. The summed E-state index contributed by atoms with van der Waals surface area (Å²) < 4.78 is 5.88. The minimum absolute atomic E-state index is 0.0371. The maximum absolute atomic E-state index is 5.88. The van der Waals surface area contributed by atoms with Gasteiger partial charge in [-0.3, -0.25) is 9.98 Å². The molecular weight excluding hydrogens is 666 g/mol. The summed E-state index contributed by atoms with van der Waals surface area (Å²) in [5.41, 5.74) is 4.42. The average Bonchev–Trinajstić information content (AvgIpc) is 3.18. The van der Waals surface area contributed by atoms with Crippen molar-refractivity contribution in [3.05, 3.63) is 83.3 Å².